The standard InChI is InChI=1S/C13H26N2O3/c1-13(2,3)18-12(16)15(9-10-17-4)8-7-14-11-5-6-11/h11,14H,5-10H2,1-4H3. The van der Waals surface area contributed by atoms with Crippen molar-refractivity contribution in [2.75, 3.05) is 33.4 Å². The Hall–Kier alpha value is -0.810. The van der Waals surface area contributed by atoms with E-state index in [2.05, 4.69) is 5.32 Å². The zero-order valence-corrected chi connectivity index (χ0v) is 12.0. The van der Waals surface area contributed by atoms with Crippen molar-refractivity contribution >= 4 is 6.09 Å². The highest BCUT2D eigenvalue weighted by Crippen LogP contribution is 2.18. The van der Waals surface area contributed by atoms with Crippen LogP contribution in [0.4, 0.5) is 4.79 Å². The third kappa shape index (κ3) is 6.81. The predicted octanol–water partition coefficient (Wildman–Crippen LogP) is 1.62. The van der Waals surface area contributed by atoms with Gasteiger partial charge >= 0.3 is 6.09 Å². The van der Waals surface area contributed by atoms with E-state index in [0.717, 1.165) is 6.54 Å². The fourth-order valence-corrected chi connectivity index (χ4v) is 1.51. The molecule has 0 heterocycles. The van der Waals surface area contributed by atoms with Gasteiger partial charge in [0.1, 0.15) is 5.60 Å². The molecule has 0 aromatic rings. The van der Waals surface area contributed by atoms with Gasteiger partial charge in [-0.2, -0.15) is 0 Å². The molecule has 0 aromatic heterocycles. The molecule has 1 saturated carbocycles. The Balaban J connectivity index is 2.33. The molecule has 0 atom stereocenters. The summed E-state index contributed by atoms with van der Waals surface area (Å²) in [4.78, 5) is 13.7. The highest BCUT2D eigenvalue weighted by atomic mass is 16.6. The van der Waals surface area contributed by atoms with Gasteiger partial charge in [0.2, 0.25) is 0 Å². The van der Waals surface area contributed by atoms with Gasteiger partial charge in [0, 0.05) is 32.8 Å². The first-order valence-electron chi connectivity index (χ1n) is 6.62. The maximum atomic E-state index is 12.0. The van der Waals surface area contributed by atoms with E-state index in [-0.39, 0.29) is 6.09 Å². The number of methoxy groups -OCH3 is 1. The number of carbonyl (C=O) groups is 1. The molecule has 1 N–H and O–H groups in total. The zero-order chi connectivity index (χ0) is 13.6. The first-order valence-corrected chi connectivity index (χ1v) is 6.62. The Morgan fingerprint density at radius 3 is 2.50 bits per heavy atom. The molecule has 0 unspecified atom stereocenters. The summed E-state index contributed by atoms with van der Waals surface area (Å²) in [6.45, 7) is 8.20. The second-order valence-electron chi connectivity index (χ2n) is 5.69. The fraction of sp³-hybridized carbons (Fsp3) is 0.923. The number of ether oxygens (including phenoxy) is 2. The molecule has 0 saturated heterocycles. The predicted molar refractivity (Wildman–Crippen MR) is 70.7 cm³/mol. The first kappa shape index (κ1) is 15.2. The van der Waals surface area contributed by atoms with Crippen LogP contribution in [0.25, 0.3) is 0 Å². The molecular formula is C13H26N2O3. The van der Waals surface area contributed by atoms with Crippen LogP contribution in [0.2, 0.25) is 0 Å². The van der Waals surface area contributed by atoms with E-state index in [9.17, 15) is 4.79 Å². The number of carbonyl (C=O) groups excluding carboxylic acids is 1. The highest BCUT2D eigenvalue weighted by molar-refractivity contribution is 5.68. The summed E-state index contributed by atoms with van der Waals surface area (Å²) in [5.74, 6) is 0. The summed E-state index contributed by atoms with van der Waals surface area (Å²) in [6, 6.07) is 0.660. The van der Waals surface area contributed by atoms with Gasteiger partial charge in [-0.3, -0.25) is 0 Å². The van der Waals surface area contributed by atoms with Crippen molar-refractivity contribution in [3.8, 4) is 0 Å². The quantitative estimate of drug-likeness (QED) is 0.754. The smallest absolute Gasteiger partial charge is 0.410 e. The summed E-state index contributed by atoms with van der Waals surface area (Å²) in [5.41, 5.74) is -0.452. The lowest BCUT2D eigenvalue weighted by Crippen LogP contribution is -2.42. The Kier molecular flexibility index (Phi) is 5.88. The van der Waals surface area contributed by atoms with Crippen LogP contribution < -0.4 is 5.32 Å². The number of hydrogen-bond acceptors (Lipinski definition) is 4. The Bertz CT molecular complexity index is 259. The van der Waals surface area contributed by atoms with Crippen molar-refractivity contribution in [3.05, 3.63) is 0 Å². The molecule has 1 fully saturated rings. The van der Waals surface area contributed by atoms with Crippen molar-refractivity contribution in [1.29, 1.82) is 0 Å². The third-order valence-corrected chi connectivity index (χ3v) is 2.61. The average molecular weight is 258 g/mol. The molecule has 1 rings (SSSR count). The molecule has 5 nitrogen and oxygen atoms in total. The topological polar surface area (TPSA) is 50.8 Å². The average Bonchev–Trinajstić information content (AvgIpc) is 3.04. The highest BCUT2D eigenvalue weighted by Gasteiger charge is 2.23. The van der Waals surface area contributed by atoms with Crippen LogP contribution in [0, 0.1) is 0 Å². The Morgan fingerprint density at radius 2 is 2.00 bits per heavy atom. The molecule has 0 spiro atoms. The van der Waals surface area contributed by atoms with E-state index >= 15 is 0 Å². The fourth-order valence-electron chi connectivity index (χ4n) is 1.51. The van der Waals surface area contributed by atoms with Gasteiger partial charge in [-0.15, -0.1) is 0 Å². The van der Waals surface area contributed by atoms with Gasteiger partial charge < -0.3 is 19.7 Å². The number of rotatable bonds is 7. The van der Waals surface area contributed by atoms with E-state index in [4.69, 9.17) is 9.47 Å². The maximum Gasteiger partial charge on any atom is 0.410 e. The van der Waals surface area contributed by atoms with Crippen molar-refractivity contribution in [3.63, 3.8) is 0 Å². The molecule has 0 aliphatic heterocycles. The molecule has 106 valence electrons. The molecule has 1 aliphatic rings. The van der Waals surface area contributed by atoms with Crippen LogP contribution in [-0.4, -0.2) is 56.0 Å². The van der Waals surface area contributed by atoms with Crippen molar-refractivity contribution < 1.29 is 14.3 Å². The van der Waals surface area contributed by atoms with Crippen LogP contribution in [0.1, 0.15) is 33.6 Å². The monoisotopic (exact) mass is 258 g/mol. The van der Waals surface area contributed by atoms with E-state index in [0.29, 0.717) is 25.7 Å². The van der Waals surface area contributed by atoms with Crippen LogP contribution in [0.15, 0.2) is 0 Å². The molecule has 18 heavy (non-hydrogen) atoms. The van der Waals surface area contributed by atoms with Crippen LogP contribution in [0.5, 0.6) is 0 Å². The van der Waals surface area contributed by atoms with Crippen molar-refractivity contribution in [2.24, 2.45) is 0 Å². The van der Waals surface area contributed by atoms with Crippen LogP contribution >= 0.6 is 0 Å². The lowest BCUT2D eigenvalue weighted by Gasteiger charge is -2.27. The molecule has 0 aromatic carbocycles. The summed E-state index contributed by atoms with van der Waals surface area (Å²) < 4.78 is 10.4. The zero-order valence-electron chi connectivity index (χ0n) is 12.0. The minimum absolute atomic E-state index is 0.267. The molecule has 5 heteroatoms. The second kappa shape index (κ2) is 6.95. The molecule has 1 aliphatic carbocycles. The minimum Gasteiger partial charge on any atom is -0.444 e. The number of amides is 1. The Morgan fingerprint density at radius 1 is 1.33 bits per heavy atom. The third-order valence-electron chi connectivity index (χ3n) is 2.61. The lowest BCUT2D eigenvalue weighted by atomic mass is 10.2. The van der Waals surface area contributed by atoms with Crippen LogP contribution in [-0.2, 0) is 9.47 Å². The van der Waals surface area contributed by atoms with E-state index in [1.165, 1.54) is 12.8 Å². The summed E-state index contributed by atoms with van der Waals surface area (Å²) in [7, 11) is 1.63. The number of nitrogens with one attached hydrogen (secondary N) is 1. The van der Waals surface area contributed by atoms with Crippen LogP contribution in [0.3, 0.4) is 0 Å². The molecular weight excluding hydrogens is 232 g/mol. The van der Waals surface area contributed by atoms with Crippen molar-refractivity contribution in [1.82, 2.24) is 10.2 Å². The summed E-state index contributed by atoms with van der Waals surface area (Å²) >= 11 is 0. The maximum absolute atomic E-state index is 12.0. The number of nitrogens with zero attached hydrogens (tertiary/aromatic N) is 1. The lowest BCUT2D eigenvalue weighted by molar-refractivity contribution is 0.0204. The van der Waals surface area contributed by atoms with E-state index in [1.54, 1.807) is 12.0 Å². The minimum atomic E-state index is -0.452. The van der Waals surface area contributed by atoms with Gasteiger partial charge in [0.25, 0.3) is 0 Å². The number of hydrogen-bond donors (Lipinski definition) is 1. The van der Waals surface area contributed by atoms with Gasteiger partial charge in [0.15, 0.2) is 0 Å². The largest absolute Gasteiger partial charge is 0.444 e. The van der Waals surface area contributed by atoms with Gasteiger partial charge in [-0.1, -0.05) is 0 Å². The SMILES string of the molecule is COCCN(CCNC1CC1)C(=O)OC(C)(C)C. The van der Waals surface area contributed by atoms with Gasteiger partial charge in [-0.25, -0.2) is 4.79 Å². The first-order chi connectivity index (χ1) is 8.42. The van der Waals surface area contributed by atoms with E-state index in [1.807, 2.05) is 20.8 Å². The molecule has 1 amide bonds. The Labute approximate surface area is 110 Å². The van der Waals surface area contributed by atoms with Gasteiger partial charge in [0.05, 0.1) is 6.61 Å². The molecule has 0 bridgehead atoms. The van der Waals surface area contributed by atoms with Crippen molar-refractivity contribution in [2.45, 2.75) is 45.3 Å². The second-order valence-corrected chi connectivity index (χ2v) is 5.69. The normalized spacial score (nSPS) is 15.6. The van der Waals surface area contributed by atoms with Gasteiger partial charge in [-0.05, 0) is 33.6 Å². The summed E-state index contributed by atoms with van der Waals surface area (Å²) in [6.07, 6.45) is 2.24. The molecule has 0 radical (unpaired) electrons. The summed E-state index contributed by atoms with van der Waals surface area (Å²) in [5, 5.41) is 3.39. The van der Waals surface area contributed by atoms with E-state index < -0.39 is 5.60 Å².